The third-order valence-electron chi connectivity index (χ3n) is 4.57. The van der Waals surface area contributed by atoms with Gasteiger partial charge in [-0.05, 0) is 23.3 Å². The van der Waals surface area contributed by atoms with Crippen LogP contribution < -0.4 is 4.90 Å². The van der Waals surface area contributed by atoms with Gasteiger partial charge in [-0.3, -0.25) is 0 Å². The van der Waals surface area contributed by atoms with Crippen LogP contribution in [-0.2, 0) is 0 Å². The fourth-order valence-corrected chi connectivity index (χ4v) is 3.44. The van der Waals surface area contributed by atoms with E-state index in [0.717, 1.165) is 6.54 Å². The predicted octanol–water partition coefficient (Wildman–Crippen LogP) is 5.03. The summed E-state index contributed by atoms with van der Waals surface area (Å²) < 4.78 is 0. The molecule has 4 rings (SSSR count). The van der Waals surface area contributed by atoms with E-state index in [1.165, 1.54) is 16.8 Å². The number of para-hydroxylation sites is 1. The molecular weight excluding hydrogens is 266 g/mol. The standard InChI is InChI=1S/C21H19N/c1-4-10-17(11-5-1)20-16-22(19-14-8-3-9-15-19)21(20)18-12-6-2-7-13-18/h1-15,20-21H,16H2/t20-,21-/m1/s1. The first-order valence-corrected chi connectivity index (χ1v) is 7.85. The highest BCUT2D eigenvalue weighted by Gasteiger charge is 2.40. The second-order valence-electron chi connectivity index (χ2n) is 5.86. The molecule has 1 heteroatoms. The first-order valence-electron chi connectivity index (χ1n) is 7.85. The maximum atomic E-state index is 2.51. The minimum Gasteiger partial charge on any atom is -0.363 e. The minimum atomic E-state index is 0.422. The van der Waals surface area contributed by atoms with E-state index < -0.39 is 0 Å². The van der Waals surface area contributed by atoms with Crippen molar-refractivity contribution in [2.75, 3.05) is 11.4 Å². The van der Waals surface area contributed by atoms with Gasteiger partial charge in [0.05, 0.1) is 6.04 Å². The van der Waals surface area contributed by atoms with Gasteiger partial charge in [-0.25, -0.2) is 0 Å². The maximum Gasteiger partial charge on any atom is 0.0628 e. The summed E-state index contributed by atoms with van der Waals surface area (Å²) in [6.07, 6.45) is 0. The summed E-state index contributed by atoms with van der Waals surface area (Å²) in [5.41, 5.74) is 4.14. The Morgan fingerprint density at radius 1 is 0.591 bits per heavy atom. The normalized spacial score (nSPS) is 20.5. The van der Waals surface area contributed by atoms with Crippen LogP contribution in [0.5, 0.6) is 0 Å². The summed E-state index contributed by atoms with van der Waals surface area (Å²) in [6.45, 7) is 1.08. The summed E-state index contributed by atoms with van der Waals surface area (Å²) in [4.78, 5) is 2.51. The fourth-order valence-electron chi connectivity index (χ4n) is 3.44. The number of hydrogen-bond donors (Lipinski definition) is 0. The van der Waals surface area contributed by atoms with Crippen molar-refractivity contribution in [1.82, 2.24) is 0 Å². The molecule has 2 atom stereocenters. The van der Waals surface area contributed by atoms with Gasteiger partial charge >= 0.3 is 0 Å². The molecule has 3 aromatic carbocycles. The second-order valence-corrected chi connectivity index (χ2v) is 5.86. The molecule has 0 aliphatic carbocycles. The van der Waals surface area contributed by atoms with Gasteiger partial charge in [-0.1, -0.05) is 78.9 Å². The molecule has 1 fully saturated rings. The fraction of sp³-hybridized carbons (Fsp3) is 0.143. The lowest BCUT2D eigenvalue weighted by Gasteiger charge is -2.50. The van der Waals surface area contributed by atoms with Crippen molar-refractivity contribution in [3.8, 4) is 0 Å². The van der Waals surface area contributed by atoms with Crippen molar-refractivity contribution in [3.63, 3.8) is 0 Å². The van der Waals surface area contributed by atoms with Crippen LogP contribution in [0.15, 0.2) is 91.0 Å². The molecule has 0 radical (unpaired) electrons. The average Bonchev–Trinajstić information content (AvgIpc) is 2.57. The van der Waals surface area contributed by atoms with Gasteiger partial charge in [0.15, 0.2) is 0 Å². The van der Waals surface area contributed by atoms with Crippen LogP contribution in [0.25, 0.3) is 0 Å². The zero-order chi connectivity index (χ0) is 14.8. The van der Waals surface area contributed by atoms with E-state index in [2.05, 4.69) is 95.9 Å². The smallest absolute Gasteiger partial charge is 0.0628 e. The highest BCUT2D eigenvalue weighted by Crippen LogP contribution is 2.47. The van der Waals surface area contributed by atoms with Crippen LogP contribution in [0, 0.1) is 0 Å². The molecule has 0 unspecified atom stereocenters. The zero-order valence-corrected chi connectivity index (χ0v) is 12.5. The number of hydrogen-bond acceptors (Lipinski definition) is 1. The third-order valence-corrected chi connectivity index (χ3v) is 4.57. The average molecular weight is 285 g/mol. The Morgan fingerprint density at radius 2 is 1.09 bits per heavy atom. The van der Waals surface area contributed by atoms with Crippen molar-refractivity contribution >= 4 is 5.69 Å². The summed E-state index contributed by atoms with van der Waals surface area (Å²) in [6, 6.07) is 32.9. The van der Waals surface area contributed by atoms with Crippen LogP contribution in [0.1, 0.15) is 23.1 Å². The number of rotatable bonds is 3. The number of benzene rings is 3. The summed E-state index contributed by atoms with van der Waals surface area (Å²) >= 11 is 0. The summed E-state index contributed by atoms with van der Waals surface area (Å²) in [7, 11) is 0. The predicted molar refractivity (Wildman–Crippen MR) is 92.2 cm³/mol. The highest BCUT2D eigenvalue weighted by atomic mass is 15.2. The van der Waals surface area contributed by atoms with Crippen molar-refractivity contribution in [3.05, 3.63) is 102 Å². The van der Waals surface area contributed by atoms with E-state index in [1.54, 1.807) is 0 Å². The topological polar surface area (TPSA) is 3.24 Å². The zero-order valence-electron chi connectivity index (χ0n) is 12.5. The number of anilines is 1. The highest BCUT2D eigenvalue weighted by molar-refractivity contribution is 5.55. The van der Waals surface area contributed by atoms with Gasteiger partial charge in [-0.2, -0.15) is 0 Å². The van der Waals surface area contributed by atoms with Gasteiger partial charge in [0.2, 0.25) is 0 Å². The molecule has 108 valence electrons. The number of nitrogens with zero attached hydrogens (tertiary/aromatic N) is 1. The molecule has 0 spiro atoms. The lowest BCUT2D eigenvalue weighted by molar-refractivity contribution is 0.392. The maximum absolute atomic E-state index is 2.51. The van der Waals surface area contributed by atoms with Crippen molar-refractivity contribution < 1.29 is 0 Å². The molecule has 1 aliphatic heterocycles. The van der Waals surface area contributed by atoms with Crippen LogP contribution in [0.2, 0.25) is 0 Å². The van der Waals surface area contributed by atoms with E-state index in [0.29, 0.717) is 12.0 Å². The molecule has 0 saturated carbocycles. The monoisotopic (exact) mass is 285 g/mol. The Hall–Kier alpha value is -2.54. The van der Waals surface area contributed by atoms with E-state index >= 15 is 0 Å². The summed E-state index contributed by atoms with van der Waals surface area (Å²) in [5.74, 6) is 0.559. The largest absolute Gasteiger partial charge is 0.363 e. The van der Waals surface area contributed by atoms with E-state index in [1.807, 2.05) is 0 Å². The SMILES string of the molecule is c1ccc([C@H]2CN(c3ccccc3)[C@@H]2c2ccccc2)cc1. The molecule has 1 saturated heterocycles. The first kappa shape index (κ1) is 13.1. The molecule has 0 aromatic heterocycles. The lowest BCUT2D eigenvalue weighted by Crippen LogP contribution is -2.48. The van der Waals surface area contributed by atoms with Gasteiger partial charge < -0.3 is 4.90 Å². The van der Waals surface area contributed by atoms with Gasteiger partial charge in [0, 0.05) is 18.2 Å². The van der Waals surface area contributed by atoms with Crippen molar-refractivity contribution in [2.45, 2.75) is 12.0 Å². The molecule has 3 aromatic rings. The Bertz CT molecular complexity index is 676. The quantitative estimate of drug-likeness (QED) is 0.652. The Labute approximate surface area is 131 Å². The van der Waals surface area contributed by atoms with E-state index in [9.17, 15) is 0 Å². The second kappa shape index (κ2) is 5.69. The molecule has 1 heterocycles. The third kappa shape index (κ3) is 2.29. The lowest BCUT2D eigenvalue weighted by atomic mass is 9.78. The van der Waals surface area contributed by atoms with Crippen molar-refractivity contribution in [1.29, 1.82) is 0 Å². The van der Waals surface area contributed by atoms with Crippen LogP contribution in [-0.4, -0.2) is 6.54 Å². The van der Waals surface area contributed by atoms with Crippen LogP contribution in [0.4, 0.5) is 5.69 Å². The van der Waals surface area contributed by atoms with E-state index in [4.69, 9.17) is 0 Å². The first-order chi connectivity index (χ1) is 10.9. The molecule has 0 amide bonds. The minimum absolute atomic E-state index is 0.422. The molecule has 22 heavy (non-hydrogen) atoms. The molecule has 0 bridgehead atoms. The van der Waals surface area contributed by atoms with Crippen LogP contribution >= 0.6 is 0 Å². The molecule has 1 aliphatic rings. The van der Waals surface area contributed by atoms with Gasteiger partial charge in [0.25, 0.3) is 0 Å². The van der Waals surface area contributed by atoms with Crippen molar-refractivity contribution in [2.24, 2.45) is 0 Å². The Kier molecular flexibility index (Phi) is 3.40. The molecule has 1 nitrogen and oxygen atoms in total. The Morgan fingerprint density at radius 3 is 1.68 bits per heavy atom. The summed E-state index contributed by atoms with van der Waals surface area (Å²) in [5, 5.41) is 0. The Balaban J connectivity index is 1.71. The van der Waals surface area contributed by atoms with Gasteiger partial charge in [-0.15, -0.1) is 0 Å². The van der Waals surface area contributed by atoms with E-state index in [-0.39, 0.29) is 0 Å². The molecule has 0 N–H and O–H groups in total. The van der Waals surface area contributed by atoms with Crippen LogP contribution in [0.3, 0.4) is 0 Å². The van der Waals surface area contributed by atoms with Gasteiger partial charge in [0.1, 0.15) is 0 Å². The molecular formula is C21H19N.